The van der Waals surface area contributed by atoms with Crippen molar-refractivity contribution in [3.05, 3.63) is 0 Å². The van der Waals surface area contributed by atoms with Gasteiger partial charge in [0, 0.05) is 56.6 Å². The summed E-state index contributed by atoms with van der Waals surface area (Å²) >= 11 is 0. The van der Waals surface area contributed by atoms with Gasteiger partial charge in [-0.3, -0.25) is 4.52 Å². The molecule has 0 spiro atoms. The van der Waals surface area contributed by atoms with E-state index in [0.717, 1.165) is 0 Å². The van der Waals surface area contributed by atoms with Gasteiger partial charge in [0.05, 0.1) is 0 Å². The Kier molecular flexibility index (Phi) is 13.2. The maximum absolute atomic E-state index is 10.6. The zero-order valence-corrected chi connectivity index (χ0v) is 12.0. The molecule has 6 N–H and O–H groups in total. The third-order valence-corrected chi connectivity index (χ3v) is 2.54. The van der Waals surface area contributed by atoms with Crippen LogP contribution >= 0.6 is 7.82 Å². The first kappa shape index (κ1) is 26.1. The molecule has 0 aromatic carbocycles. The number of carboxylic acids is 1. The molecule has 0 aromatic heterocycles. The number of rotatable bonds is 3. The Morgan fingerprint density at radius 3 is 1.80 bits per heavy atom. The first-order valence-electron chi connectivity index (χ1n) is 4.30. The number of phosphoric acid groups is 1. The zero-order valence-electron chi connectivity index (χ0n) is 11.2. The number of aliphatic hydroxyl groups excluding tert-OH is 3. The number of aliphatic hydroxyl groups is 3. The van der Waals surface area contributed by atoms with Crippen LogP contribution in [0.2, 0.25) is 0 Å². The summed E-state index contributed by atoms with van der Waals surface area (Å²) in [5, 5.41) is 36.4. The smallest absolute Gasteiger partial charge is 0.472 e. The van der Waals surface area contributed by atoms with Gasteiger partial charge in [0.2, 0.25) is 0 Å². The van der Waals surface area contributed by atoms with Crippen molar-refractivity contribution >= 4 is 70.4 Å². The number of carbonyl (C=O) groups is 1. The van der Waals surface area contributed by atoms with Crippen LogP contribution in [0.15, 0.2) is 0 Å². The van der Waals surface area contributed by atoms with Crippen LogP contribution in [0.3, 0.4) is 0 Å². The third kappa shape index (κ3) is 6.98. The van der Waals surface area contributed by atoms with E-state index in [4.69, 9.17) is 14.9 Å². The first-order chi connectivity index (χ1) is 7.63. The van der Waals surface area contributed by atoms with Crippen LogP contribution < -0.4 is 0 Å². The third-order valence-electron chi connectivity index (χ3n) is 2.05. The fourth-order valence-corrected chi connectivity index (χ4v) is 1.72. The van der Waals surface area contributed by atoms with Gasteiger partial charge < -0.3 is 34.9 Å². The molecule has 1 aliphatic heterocycles. The van der Waals surface area contributed by atoms with Crippen LogP contribution in [0.25, 0.3) is 0 Å². The number of hydrogen-bond acceptors (Lipinski definition) is 7. The Morgan fingerprint density at radius 2 is 1.45 bits per heavy atom. The van der Waals surface area contributed by atoms with Gasteiger partial charge in [-0.05, 0) is 0 Å². The molecular formula is C6H11Li3O10P. The average Bonchev–Trinajstić information content (AvgIpc) is 2.16. The zero-order chi connectivity index (χ0) is 13.4. The van der Waals surface area contributed by atoms with E-state index < -0.39 is 44.5 Å². The Balaban J connectivity index is -0.000000963. The molecule has 1 fully saturated rings. The minimum atomic E-state index is -5.05. The largest absolute Gasteiger partial charge is 0.479 e. The van der Waals surface area contributed by atoms with Crippen LogP contribution in [0, 0.1) is 0 Å². The standard InChI is InChI=1S/C6H11O10P.3Li/c7-1-2(8)4(5(10)11)15-6(3(1)9)16-17(12,13)14;;;/h1-4,6-9H,(H,10,11)(H2,12,13,14);;;/t1-,2+,3+,4-,6+;;;/m0.../s1. The van der Waals surface area contributed by atoms with Gasteiger partial charge in [-0.1, -0.05) is 0 Å². The molecule has 0 aliphatic carbocycles. The number of carboxylic acid groups (broad SMARTS) is 1. The van der Waals surface area contributed by atoms with Crippen molar-refractivity contribution in [3.8, 4) is 0 Å². The second-order valence-corrected chi connectivity index (χ2v) is 4.52. The topological polar surface area (TPSA) is 174 Å². The molecule has 0 amide bonds. The molecule has 0 saturated carbocycles. The summed E-state index contributed by atoms with van der Waals surface area (Å²) in [6, 6.07) is 0. The number of phosphoric ester groups is 1. The number of hydrogen-bond donors (Lipinski definition) is 6. The quantitative estimate of drug-likeness (QED) is 0.221. The molecule has 103 valence electrons. The van der Waals surface area contributed by atoms with Gasteiger partial charge in [0.15, 0.2) is 12.4 Å². The van der Waals surface area contributed by atoms with Crippen LogP contribution in [-0.2, 0) is 18.6 Å². The minimum absolute atomic E-state index is 0. The maximum Gasteiger partial charge on any atom is 0.472 e. The van der Waals surface area contributed by atoms with Crippen molar-refractivity contribution in [2.45, 2.75) is 30.7 Å². The van der Waals surface area contributed by atoms with Crippen LogP contribution in [0.4, 0.5) is 0 Å². The van der Waals surface area contributed by atoms with E-state index in [1.165, 1.54) is 0 Å². The van der Waals surface area contributed by atoms with Crippen LogP contribution in [0.1, 0.15) is 0 Å². The molecule has 20 heavy (non-hydrogen) atoms. The predicted molar refractivity (Wildman–Crippen MR) is 64.7 cm³/mol. The van der Waals surface area contributed by atoms with E-state index in [2.05, 4.69) is 9.26 Å². The SMILES string of the molecule is O=C(O)[C@H]1O[C@H](OP(=O)(O)O)[C@H](O)[C@@H](O)[C@H]1O.[Li].[Li].[Li]. The summed E-state index contributed by atoms with van der Waals surface area (Å²) in [6.45, 7) is 0. The van der Waals surface area contributed by atoms with Crippen molar-refractivity contribution in [2.75, 3.05) is 0 Å². The summed E-state index contributed by atoms with van der Waals surface area (Å²) in [5.74, 6) is -1.68. The minimum Gasteiger partial charge on any atom is -0.479 e. The van der Waals surface area contributed by atoms with Gasteiger partial charge >= 0.3 is 13.8 Å². The molecule has 10 nitrogen and oxygen atoms in total. The van der Waals surface area contributed by atoms with Gasteiger partial charge in [-0.15, -0.1) is 0 Å². The second-order valence-electron chi connectivity index (χ2n) is 3.33. The molecular weight excluding hydrogens is 284 g/mol. The van der Waals surface area contributed by atoms with E-state index in [0.29, 0.717) is 0 Å². The maximum atomic E-state index is 10.6. The van der Waals surface area contributed by atoms with Crippen LogP contribution in [-0.4, -0.2) is 123 Å². The summed E-state index contributed by atoms with van der Waals surface area (Å²) in [7, 11) is -5.05. The fourth-order valence-electron chi connectivity index (χ4n) is 1.27. The molecule has 0 bridgehead atoms. The van der Waals surface area contributed by atoms with E-state index in [9.17, 15) is 24.7 Å². The van der Waals surface area contributed by atoms with Crippen molar-refractivity contribution in [2.24, 2.45) is 0 Å². The number of aliphatic carboxylic acids is 1. The second kappa shape index (κ2) is 10.1. The fraction of sp³-hybridized carbons (Fsp3) is 0.833. The molecule has 3 radical (unpaired) electrons. The van der Waals surface area contributed by atoms with E-state index in [1.807, 2.05) is 0 Å². The van der Waals surface area contributed by atoms with Crippen molar-refractivity contribution < 1.29 is 48.8 Å². The van der Waals surface area contributed by atoms with E-state index in [-0.39, 0.29) is 56.6 Å². The Hall–Kier alpha value is 1.21. The Labute approximate surface area is 149 Å². The number of ether oxygens (including phenoxy) is 1. The van der Waals surface area contributed by atoms with Gasteiger partial charge in [0.25, 0.3) is 0 Å². The normalized spacial score (nSPS) is 33.1. The average molecular weight is 295 g/mol. The molecule has 0 unspecified atom stereocenters. The first-order valence-corrected chi connectivity index (χ1v) is 5.83. The molecule has 1 saturated heterocycles. The van der Waals surface area contributed by atoms with Crippen LogP contribution in [0.5, 0.6) is 0 Å². The molecule has 1 rings (SSSR count). The Morgan fingerprint density at radius 1 is 1.00 bits per heavy atom. The molecule has 5 atom stereocenters. The molecule has 1 aliphatic rings. The summed E-state index contributed by atoms with van der Waals surface area (Å²) in [5.41, 5.74) is 0. The summed E-state index contributed by atoms with van der Waals surface area (Å²) in [4.78, 5) is 27.5. The summed E-state index contributed by atoms with van der Waals surface area (Å²) < 4.78 is 18.9. The van der Waals surface area contributed by atoms with E-state index >= 15 is 0 Å². The molecule has 14 heteroatoms. The van der Waals surface area contributed by atoms with Gasteiger partial charge in [0.1, 0.15) is 18.3 Å². The molecule has 1 heterocycles. The van der Waals surface area contributed by atoms with Crippen molar-refractivity contribution in [1.82, 2.24) is 0 Å². The predicted octanol–water partition coefficient (Wildman–Crippen LogP) is -4.15. The van der Waals surface area contributed by atoms with Crippen molar-refractivity contribution in [1.29, 1.82) is 0 Å². The Bertz CT molecular complexity index is 350. The summed E-state index contributed by atoms with van der Waals surface area (Å²) in [6.07, 6.45) is -9.94. The molecule has 0 aromatic rings. The van der Waals surface area contributed by atoms with E-state index in [1.54, 1.807) is 0 Å². The monoisotopic (exact) mass is 295 g/mol. The van der Waals surface area contributed by atoms with Crippen molar-refractivity contribution in [3.63, 3.8) is 0 Å². The van der Waals surface area contributed by atoms with Gasteiger partial charge in [-0.25, -0.2) is 9.36 Å². The van der Waals surface area contributed by atoms with Gasteiger partial charge in [-0.2, -0.15) is 0 Å².